The summed E-state index contributed by atoms with van der Waals surface area (Å²) in [5.74, 6) is 0.863. The third-order valence-electron chi connectivity index (χ3n) is 4.83. The van der Waals surface area contributed by atoms with E-state index >= 15 is 0 Å². The van der Waals surface area contributed by atoms with Crippen molar-refractivity contribution in [3.63, 3.8) is 0 Å². The van der Waals surface area contributed by atoms with Gasteiger partial charge in [-0.3, -0.25) is 4.79 Å². The van der Waals surface area contributed by atoms with Crippen molar-refractivity contribution in [2.75, 3.05) is 7.11 Å². The Morgan fingerprint density at radius 3 is 2.83 bits per heavy atom. The number of nitrogens with one attached hydrogen (secondary N) is 2. The van der Waals surface area contributed by atoms with E-state index in [9.17, 15) is 4.79 Å². The Kier molecular flexibility index (Phi) is 3.53. The van der Waals surface area contributed by atoms with Crippen LogP contribution in [0.3, 0.4) is 0 Å². The van der Waals surface area contributed by atoms with E-state index in [2.05, 4.69) is 16.4 Å². The van der Waals surface area contributed by atoms with Gasteiger partial charge in [-0.15, -0.1) is 0 Å². The number of H-pyrrole nitrogens is 1. The number of ether oxygens (including phenoxy) is 1. The van der Waals surface area contributed by atoms with Crippen molar-refractivity contribution in [3.05, 3.63) is 64.8 Å². The largest absolute Gasteiger partial charge is 0.497 e. The molecule has 1 amide bonds. The molecule has 1 aliphatic carbocycles. The Hall–Kier alpha value is -2.75. The quantitative estimate of drug-likeness (QED) is 0.777. The van der Waals surface area contributed by atoms with Crippen LogP contribution < -0.4 is 10.1 Å². The summed E-state index contributed by atoms with van der Waals surface area (Å²) in [4.78, 5) is 16.0. The Morgan fingerprint density at radius 2 is 2.04 bits per heavy atom. The van der Waals surface area contributed by atoms with Crippen molar-refractivity contribution in [3.8, 4) is 5.75 Å². The van der Waals surface area contributed by atoms with Gasteiger partial charge in [0.05, 0.1) is 7.11 Å². The molecule has 24 heavy (non-hydrogen) atoms. The van der Waals surface area contributed by atoms with E-state index in [1.165, 1.54) is 16.6 Å². The molecule has 4 nitrogen and oxygen atoms in total. The van der Waals surface area contributed by atoms with Crippen LogP contribution in [0.15, 0.2) is 42.5 Å². The first-order valence-corrected chi connectivity index (χ1v) is 8.19. The second-order valence-corrected chi connectivity index (χ2v) is 6.39. The number of hydrogen-bond donors (Lipinski definition) is 2. The predicted octanol–water partition coefficient (Wildman–Crippen LogP) is 3.38. The van der Waals surface area contributed by atoms with Crippen LogP contribution in [0.2, 0.25) is 0 Å². The molecule has 4 rings (SSSR count). The molecule has 0 saturated heterocycles. The zero-order valence-corrected chi connectivity index (χ0v) is 13.8. The molecule has 0 aliphatic heterocycles. The molecule has 0 bridgehead atoms. The molecule has 2 aromatic carbocycles. The van der Waals surface area contributed by atoms with Crippen LogP contribution in [0, 0.1) is 6.92 Å². The van der Waals surface area contributed by atoms with Crippen LogP contribution in [0.25, 0.3) is 10.9 Å². The summed E-state index contributed by atoms with van der Waals surface area (Å²) in [5.41, 5.74) is 5.39. The van der Waals surface area contributed by atoms with Crippen LogP contribution in [0.1, 0.15) is 27.2 Å². The molecule has 122 valence electrons. The summed E-state index contributed by atoms with van der Waals surface area (Å²) in [6.45, 7) is 1.96. The summed E-state index contributed by atoms with van der Waals surface area (Å²) >= 11 is 0. The molecular formula is C20H20N2O2. The van der Waals surface area contributed by atoms with E-state index in [1.807, 2.05) is 43.3 Å². The third kappa shape index (κ3) is 2.44. The summed E-state index contributed by atoms with van der Waals surface area (Å²) < 4.78 is 5.33. The molecule has 4 heteroatoms. The SMILES string of the molecule is COc1ccc2[nH]c3c(c2c1)CC(NC(=O)c1ccccc1C)C3. The lowest BCUT2D eigenvalue weighted by Crippen LogP contribution is -2.35. The molecule has 1 unspecified atom stereocenters. The van der Waals surface area contributed by atoms with Crippen LogP contribution in [-0.4, -0.2) is 24.0 Å². The average molecular weight is 320 g/mol. The smallest absolute Gasteiger partial charge is 0.251 e. The monoisotopic (exact) mass is 320 g/mol. The minimum Gasteiger partial charge on any atom is -0.497 e. The molecular weight excluding hydrogens is 300 g/mol. The van der Waals surface area contributed by atoms with E-state index < -0.39 is 0 Å². The normalized spacial score (nSPS) is 16.2. The van der Waals surface area contributed by atoms with Crippen molar-refractivity contribution >= 4 is 16.8 Å². The van der Waals surface area contributed by atoms with E-state index in [0.29, 0.717) is 0 Å². The first-order chi connectivity index (χ1) is 11.7. The van der Waals surface area contributed by atoms with E-state index in [-0.39, 0.29) is 11.9 Å². The highest BCUT2D eigenvalue weighted by Gasteiger charge is 2.27. The van der Waals surface area contributed by atoms with Gasteiger partial charge in [-0.05, 0) is 48.7 Å². The van der Waals surface area contributed by atoms with Crippen LogP contribution in [0.4, 0.5) is 0 Å². The minimum atomic E-state index is 0.00476. The fourth-order valence-corrected chi connectivity index (χ4v) is 3.57. The number of fused-ring (bicyclic) bond motifs is 3. The van der Waals surface area contributed by atoms with Crippen molar-refractivity contribution in [2.45, 2.75) is 25.8 Å². The molecule has 3 aromatic rings. The topological polar surface area (TPSA) is 54.1 Å². The highest BCUT2D eigenvalue weighted by Crippen LogP contribution is 2.32. The Bertz CT molecular complexity index is 927. The fourth-order valence-electron chi connectivity index (χ4n) is 3.57. The van der Waals surface area contributed by atoms with Crippen molar-refractivity contribution in [2.24, 2.45) is 0 Å². The second-order valence-electron chi connectivity index (χ2n) is 6.39. The number of aryl methyl sites for hydroxylation is 1. The zero-order chi connectivity index (χ0) is 16.7. The standard InChI is InChI=1S/C20H20N2O2/c1-12-5-3-4-6-15(12)20(23)21-13-9-16-17-11-14(24-2)7-8-18(17)22-19(16)10-13/h3-8,11,13,22H,9-10H2,1-2H3,(H,21,23). The maximum atomic E-state index is 12.5. The van der Waals surface area contributed by atoms with Gasteiger partial charge >= 0.3 is 0 Å². The molecule has 1 aliphatic rings. The number of amides is 1. The Morgan fingerprint density at radius 1 is 1.21 bits per heavy atom. The third-order valence-corrected chi connectivity index (χ3v) is 4.83. The molecule has 0 radical (unpaired) electrons. The fraction of sp³-hybridized carbons (Fsp3) is 0.250. The molecule has 0 spiro atoms. The first kappa shape index (κ1) is 14.8. The number of hydrogen-bond acceptors (Lipinski definition) is 2. The van der Waals surface area contributed by atoms with Gasteiger partial charge in [-0.25, -0.2) is 0 Å². The van der Waals surface area contributed by atoms with Gasteiger partial charge in [0.2, 0.25) is 0 Å². The lowest BCUT2D eigenvalue weighted by atomic mass is 10.1. The van der Waals surface area contributed by atoms with E-state index in [0.717, 1.165) is 35.2 Å². The van der Waals surface area contributed by atoms with Crippen LogP contribution in [-0.2, 0) is 12.8 Å². The van der Waals surface area contributed by atoms with Crippen molar-refractivity contribution < 1.29 is 9.53 Å². The van der Waals surface area contributed by atoms with Gasteiger partial charge in [0.15, 0.2) is 0 Å². The van der Waals surface area contributed by atoms with Gasteiger partial charge < -0.3 is 15.0 Å². The number of aromatic amines is 1. The van der Waals surface area contributed by atoms with Gasteiger partial charge in [0.1, 0.15) is 5.75 Å². The number of benzene rings is 2. The average Bonchev–Trinajstić information content (AvgIpc) is 3.11. The number of rotatable bonds is 3. The van der Waals surface area contributed by atoms with E-state index in [4.69, 9.17) is 4.74 Å². The molecule has 0 saturated carbocycles. The summed E-state index contributed by atoms with van der Waals surface area (Å²) in [6.07, 6.45) is 1.68. The van der Waals surface area contributed by atoms with Gasteiger partial charge in [0, 0.05) is 34.6 Å². The number of carbonyl (C=O) groups excluding carboxylic acids is 1. The highest BCUT2D eigenvalue weighted by molar-refractivity contribution is 5.96. The summed E-state index contributed by atoms with van der Waals surface area (Å²) in [7, 11) is 1.68. The van der Waals surface area contributed by atoms with E-state index in [1.54, 1.807) is 7.11 Å². The van der Waals surface area contributed by atoms with Crippen LogP contribution in [0.5, 0.6) is 5.75 Å². The lowest BCUT2D eigenvalue weighted by Gasteiger charge is -2.14. The van der Waals surface area contributed by atoms with Crippen molar-refractivity contribution in [1.82, 2.24) is 10.3 Å². The zero-order valence-electron chi connectivity index (χ0n) is 13.8. The predicted molar refractivity (Wildman–Crippen MR) is 94.7 cm³/mol. The number of methoxy groups -OCH3 is 1. The molecule has 1 aromatic heterocycles. The van der Waals surface area contributed by atoms with Crippen molar-refractivity contribution in [1.29, 1.82) is 0 Å². The first-order valence-electron chi connectivity index (χ1n) is 8.19. The lowest BCUT2D eigenvalue weighted by molar-refractivity contribution is 0.0938. The molecule has 0 fully saturated rings. The number of aromatic nitrogens is 1. The van der Waals surface area contributed by atoms with Gasteiger partial charge in [-0.2, -0.15) is 0 Å². The van der Waals surface area contributed by atoms with Gasteiger partial charge in [-0.1, -0.05) is 18.2 Å². The molecule has 1 atom stereocenters. The highest BCUT2D eigenvalue weighted by atomic mass is 16.5. The Balaban J connectivity index is 1.55. The second kappa shape index (κ2) is 5.71. The molecule has 2 N–H and O–H groups in total. The summed E-state index contributed by atoms with van der Waals surface area (Å²) in [5, 5.41) is 4.36. The summed E-state index contributed by atoms with van der Waals surface area (Å²) in [6, 6.07) is 13.9. The maximum absolute atomic E-state index is 12.5. The van der Waals surface area contributed by atoms with Crippen LogP contribution >= 0.6 is 0 Å². The molecule has 1 heterocycles. The minimum absolute atomic E-state index is 0.00476. The van der Waals surface area contributed by atoms with Gasteiger partial charge in [0.25, 0.3) is 5.91 Å². The Labute approximate surface area is 140 Å². The number of carbonyl (C=O) groups is 1. The maximum Gasteiger partial charge on any atom is 0.251 e.